The summed E-state index contributed by atoms with van der Waals surface area (Å²) >= 11 is 0. The zero-order valence-corrected chi connectivity index (χ0v) is 46.9. The SMILES string of the molecule is c1cc(-c2ccc3nc(-c4ccc(-n5c6ccccc6c6c7oc8ccccc8c7ccc65)cc4)nc(-c4cccc(-n5c6ccccc6c6c7oc8ccccc8c7ccc65)c4)c3c2)cc(-n2c3ccccc3c3c4oc5ccccc5c4ccc32)c1. The van der Waals surface area contributed by atoms with Gasteiger partial charge in [0, 0.05) is 82.1 Å². The van der Waals surface area contributed by atoms with E-state index in [-0.39, 0.29) is 0 Å². The van der Waals surface area contributed by atoms with Crippen LogP contribution in [0.25, 0.3) is 193 Å². The molecule has 408 valence electrons. The van der Waals surface area contributed by atoms with Crippen LogP contribution >= 0.6 is 0 Å². The summed E-state index contributed by atoms with van der Waals surface area (Å²) in [6.45, 7) is 0. The minimum atomic E-state index is 0.634. The molecule has 0 atom stereocenters. The van der Waals surface area contributed by atoms with E-state index in [0.717, 1.165) is 187 Å². The van der Waals surface area contributed by atoms with Crippen LogP contribution in [0.1, 0.15) is 0 Å². The number of hydrogen-bond donors (Lipinski definition) is 0. The van der Waals surface area contributed by atoms with Gasteiger partial charge in [-0.2, -0.15) is 0 Å². The van der Waals surface area contributed by atoms with Gasteiger partial charge in [-0.25, -0.2) is 9.97 Å². The molecule has 0 aliphatic carbocycles. The van der Waals surface area contributed by atoms with Crippen molar-refractivity contribution < 1.29 is 13.3 Å². The maximum atomic E-state index is 6.71. The first kappa shape index (κ1) is 47.4. The van der Waals surface area contributed by atoms with Gasteiger partial charge in [-0.05, 0) is 145 Å². The Kier molecular flexibility index (Phi) is 9.57. The lowest BCUT2D eigenvalue weighted by molar-refractivity contribution is 0.672. The lowest BCUT2D eigenvalue weighted by Crippen LogP contribution is -1.99. The molecule has 0 radical (unpaired) electrons. The van der Waals surface area contributed by atoms with E-state index in [1.807, 2.05) is 24.3 Å². The Bertz CT molecular complexity index is 6380. The molecule has 0 saturated heterocycles. The van der Waals surface area contributed by atoms with Gasteiger partial charge in [0.1, 0.15) is 33.5 Å². The topological polar surface area (TPSA) is 80.0 Å². The van der Waals surface area contributed by atoms with Crippen molar-refractivity contribution >= 4 is 142 Å². The maximum absolute atomic E-state index is 6.71. The monoisotopic (exact) mass is 1120 g/mol. The molecule has 0 fully saturated rings. The first-order valence-electron chi connectivity index (χ1n) is 29.8. The van der Waals surface area contributed by atoms with Gasteiger partial charge in [0.05, 0.1) is 60.5 Å². The highest BCUT2D eigenvalue weighted by molar-refractivity contribution is 6.26. The molecule has 7 aromatic heterocycles. The quantitative estimate of drug-likeness (QED) is 0.166. The molecule has 0 aliphatic rings. The summed E-state index contributed by atoms with van der Waals surface area (Å²) in [5.41, 5.74) is 20.6. The summed E-state index contributed by atoms with van der Waals surface area (Å²) in [7, 11) is 0. The molecular formula is C80H45N5O3. The normalized spacial score (nSPS) is 12.3. The second-order valence-electron chi connectivity index (χ2n) is 23.1. The Balaban J connectivity index is 0.762. The van der Waals surface area contributed by atoms with Crippen LogP contribution in [0.5, 0.6) is 0 Å². The van der Waals surface area contributed by atoms with Gasteiger partial charge < -0.3 is 27.0 Å². The van der Waals surface area contributed by atoms with E-state index in [4.69, 9.17) is 23.2 Å². The fraction of sp³-hybridized carbons (Fsp3) is 0. The molecule has 7 heterocycles. The van der Waals surface area contributed by atoms with E-state index >= 15 is 0 Å². The zero-order valence-electron chi connectivity index (χ0n) is 46.9. The van der Waals surface area contributed by atoms with Crippen LogP contribution in [0.15, 0.2) is 286 Å². The highest BCUT2D eigenvalue weighted by atomic mass is 16.3. The van der Waals surface area contributed by atoms with Crippen LogP contribution in [0.4, 0.5) is 0 Å². The predicted octanol–water partition coefficient (Wildman–Crippen LogP) is 21.6. The van der Waals surface area contributed by atoms with E-state index in [1.54, 1.807) is 0 Å². The van der Waals surface area contributed by atoms with Crippen LogP contribution in [-0.4, -0.2) is 23.7 Å². The molecule has 0 aliphatic heterocycles. The van der Waals surface area contributed by atoms with Gasteiger partial charge >= 0.3 is 0 Å². The minimum absolute atomic E-state index is 0.634. The summed E-state index contributed by atoms with van der Waals surface area (Å²) in [4.78, 5) is 11.1. The average molecular weight is 1120 g/mol. The smallest absolute Gasteiger partial charge is 0.160 e. The summed E-state index contributed by atoms with van der Waals surface area (Å²) in [5, 5.41) is 14.3. The van der Waals surface area contributed by atoms with Crippen LogP contribution in [0, 0.1) is 0 Å². The van der Waals surface area contributed by atoms with Crippen molar-refractivity contribution in [1.29, 1.82) is 0 Å². The molecule has 0 bridgehead atoms. The van der Waals surface area contributed by atoms with Gasteiger partial charge in [-0.3, -0.25) is 0 Å². The lowest BCUT2D eigenvalue weighted by atomic mass is 9.99. The van der Waals surface area contributed by atoms with Crippen molar-refractivity contribution in [2.75, 3.05) is 0 Å². The number of furan rings is 3. The Morgan fingerprint density at radius 3 is 1.12 bits per heavy atom. The second-order valence-corrected chi connectivity index (χ2v) is 23.1. The van der Waals surface area contributed by atoms with Gasteiger partial charge in [-0.1, -0.05) is 140 Å². The highest BCUT2D eigenvalue weighted by Gasteiger charge is 2.24. The molecule has 8 heteroatoms. The summed E-state index contributed by atoms with van der Waals surface area (Å²) in [6, 6.07) is 97.1. The van der Waals surface area contributed by atoms with Crippen LogP contribution in [0.2, 0.25) is 0 Å². The van der Waals surface area contributed by atoms with Crippen molar-refractivity contribution in [3.63, 3.8) is 0 Å². The Morgan fingerprint density at radius 2 is 0.636 bits per heavy atom. The number of nitrogens with zero attached hydrogens (tertiary/aromatic N) is 5. The highest BCUT2D eigenvalue weighted by Crippen LogP contribution is 2.45. The molecular weight excluding hydrogens is 1080 g/mol. The first-order chi connectivity index (χ1) is 43.6. The minimum Gasteiger partial charge on any atom is -0.455 e. The molecule has 0 spiro atoms. The average Bonchev–Trinajstić information content (AvgIpc) is 1.93. The Hall–Kier alpha value is -12.0. The van der Waals surface area contributed by atoms with Gasteiger partial charge in [0.25, 0.3) is 0 Å². The number of aromatic nitrogens is 5. The van der Waals surface area contributed by atoms with E-state index in [0.29, 0.717) is 5.82 Å². The molecule has 20 rings (SSSR count). The summed E-state index contributed by atoms with van der Waals surface area (Å²) in [6.07, 6.45) is 0. The number of hydrogen-bond acceptors (Lipinski definition) is 5. The van der Waals surface area contributed by atoms with E-state index in [2.05, 4.69) is 262 Å². The van der Waals surface area contributed by atoms with Gasteiger partial charge in [0.15, 0.2) is 5.82 Å². The van der Waals surface area contributed by atoms with Crippen molar-refractivity contribution in [3.8, 4) is 50.8 Å². The van der Waals surface area contributed by atoms with E-state index in [1.165, 1.54) is 0 Å². The Labute approximate surface area is 500 Å². The van der Waals surface area contributed by atoms with Crippen molar-refractivity contribution in [2.45, 2.75) is 0 Å². The Morgan fingerprint density at radius 1 is 0.239 bits per heavy atom. The molecule has 0 amide bonds. The molecule has 0 N–H and O–H groups in total. The third-order valence-electron chi connectivity index (χ3n) is 18.4. The third-order valence-corrected chi connectivity index (χ3v) is 18.4. The van der Waals surface area contributed by atoms with Crippen molar-refractivity contribution in [3.05, 3.63) is 273 Å². The van der Waals surface area contributed by atoms with E-state index < -0.39 is 0 Å². The van der Waals surface area contributed by atoms with E-state index in [9.17, 15) is 0 Å². The lowest BCUT2D eigenvalue weighted by Gasteiger charge is -2.14. The van der Waals surface area contributed by atoms with Crippen molar-refractivity contribution in [1.82, 2.24) is 23.7 Å². The van der Waals surface area contributed by atoms with Crippen LogP contribution in [0.3, 0.4) is 0 Å². The molecule has 0 saturated carbocycles. The number of para-hydroxylation sites is 6. The largest absolute Gasteiger partial charge is 0.455 e. The van der Waals surface area contributed by atoms with Crippen molar-refractivity contribution in [2.24, 2.45) is 0 Å². The third kappa shape index (κ3) is 6.62. The summed E-state index contributed by atoms with van der Waals surface area (Å²) in [5.74, 6) is 0.634. The summed E-state index contributed by atoms with van der Waals surface area (Å²) < 4.78 is 27.1. The molecule has 13 aromatic carbocycles. The van der Waals surface area contributed by atoms with Gasteiger partial charge in [-0.15, -0.1) is 0 Å². The predicted molar refractivity (Wildman–Crippen MR) is 361 cm³/mol. The fourth-order valence-electron chi connectivity index (χ4n) is 14.6. The molecule has 88 heavy (non-hydrogen) atoms. The number of fused-ring (bicyclic) bond motifs is 22. The second kappa shape index (κ2) is 17.8. The number of benzene rings is 13. The molecule has 0 unspecified atom stereocenters. The standard InChI is InChI=1S/C80H45N5O3/c1-7-25-64-59(22-1)73-67(40-36-56-53-19-4-10-28-70(53)86-77(56)73)83(64)50-34-31-46(32-35-50)80-81-63-39-33-48(47-15-13-17-51(43-47)84-65-26-8-2-23-60(65)74-68(84)41-37-57-54-20-5-11-29-71(54)87-78(57)74)45-62(63)76(82-80)49-16-14-18-52(44-49)85-66-27-9-3-24-61(66)75-69(85)42-38-58-55-21-6-12-30-72(55)88-79(58)75/h1-45H. The maximum Gasteiger partial charge on any atom is 0.160 e. The zero-order chi connectivity index (χ0) is 57.3. The van der Waals surface area contributed by atoms with Gasteiger partial charge in [0.2, 0.25) is 0 Å². The molecule has 20 aromatic rings. The fourth-order valence-corrected chi connectivity index (χ4v) is 14.6. The van der Waals surface area contributed by atoms with Crippen LogP contribution < -0.4 is 0 Å². The first-order valence-corrected chi connectivity index (χ1v) is 29.8. The van der Waals surface area contributed by atoms with Crippen LogP contribution in [-0.2, 0) is 0 Å². The molecule has 8 nitrogen and oxygen atoms in total. The number of rotatable bonds is 6.